The molecular weight excluding hydrogens is 403 g/mol. The second kappa shape index (κ2) is 11.5. The first-order chi connectivity index (χ1) is 16.2. The maximum absolute atomic E-state index is 15.2. The number of halogens is 1. The SMILES string of the molecule is CCCCCc1ccc(C#Cc2ccc3cc(C4CCC(CCC)CC4)ccc3c2F)cc1. The number of hydrogen-bond acceptors (Lipinski definition) is 0. The van der Waals surface area contributed by atoms with Crippen LogP contribution in [0.15, 0.2) is 54.6 Å². The van der Waals surface area contributed by atoms with Crippen molar-refractivity contribution in [2.45, 2.75) is 84.0 Å². The van der Waals surface area contributed by atoms with E-state index >= 15 is 4.39 Å². The summed E-state index contributed by atoms with van der Waals surface area (Å²) in [7, 11) is 0. The fourth-order valence-electron chi connectivity index (χ4n) is 5.33. The number of benzene rings is 3. The Morgan fingerprint density at radius 3 is 2.33 bits per heavy atom. The van der Waals surface area contributed by atoms with Gasteiger partial charge in [0, 0.05) is 10.9 Å². The van der Waals surface area contributed by atoms with Crippen LogP contribution in [0.2, 0.25) is 0 Å². The Morgan fingerprint density at radius 1 is 0.818 bits per heavy atom. The molecule has 0 saturated heterocycles. The summed E-state index contributed by atoms with van der Waals surface area (Å²) in [6.45, 7) is 4.51. The Morgan fingerprint density at radius 2 is 1.61 bits per heavy atom. The zero-order valence-electron chi connectivity index (χ0n) is 20.3. The van der Waals surface area contributed by atoms with Gasteiger partial charge >= 0.3 is 0 Å². The summed E-state index contributed by atoms with van der Waals surface area (Å²) in [5.41, 5.74) is 4.13. The maximum Gasteiger partial charge on any atom is 0.146 e. The molecular formula is C32H37F. The van der Waals surface area contributed by atoms with Gasteiger partial charge in [-0.05, 0) is 85.1 Å². The average molecular weight is 441 g/mol. The predicted molar refractivity (Wildman–Crippen MR) is 139 cm³/mol. The lowest BCUT2D eigenvalue weighted by molar-refractivity contribution is 0.308. The minimum atomic E-state index is -0.200. The van der Waals surface area contributed by atoms with Gasteiger partial charge in [0.15, 0.2) is 0 Å². The molecule has 1 aliphatic carbocycles. The van der Waals surface area contributed by atoms with E-state index in [2.05, 4.69) is 62.1 Å². The molecule has 0 unspecified atom stereocenters. The third kappa shape index (κ3) is 6.05. The van der Waals surface area contributed by atoms with E-state index in [4.69, 9.17) is 0 Å². The molecule has 0 N–H and O–H groups in total. The van der Waals surface area contributed by atoms with Crippen molar-refractivity contribution in [2.75, 3.05) is 0 Å². The average Bonchev–Trinajstić information content (AvgIpc) is 2.85. The lowest BCUT2D eigenvalue weighted by atomic mass is 9.77. The highest BCUT2D eigenvalue weighted by molar-refractivity contribution is 5.85. The fraction of sp³-hybridized carbons (Fsp3) is 0.438. The van der Waals surface area contributed by atoms with E-state index < -0.39 is 0 Å². The van der Waals surface area contributed by atoms with Crippen molar-refractivity contribution >= 4 is 10.8 Å². The van der Waals surface area contributed by atoms with Gasteiger partial charge in [-0.1, -0.05) is 87.8 Å². The molecule has 172 valence electrons. The first-order valence-corrected chi connectivity index (χ1v) is 13.0. The van der Waals surface area contributed by atoms with Gasteiger partial charge in [-0.25, -0.2) is 4.39 Å². The molecule has 0 radical (unpaired) electrons. The fourth-order valence-corrected chi connectivity index (χ4v) is 5.33. The molecule has 3 aromatic rings. The van der Waals surface area contributed by atoms with Crippen molar-refractivity contribution in [3.05, 3.63) is 82.7 Å². The van der Waals surface area contributed by atoms with Crippen LogP contribution in [0.1, 0.15) is 99.8 Å². The van der Waals surface area contributed by atoms with Crippen LogP contribution in [0.3, 0.4) is 0 Å². The van der Waals surface area contributed by atoms with Gasteiger partial charge in [-0.15, -0.1) is 0 Å². The smallest absolute Gasteiger partial charge is 0.146 e. The Balaban J connectivity index is 1.46. The number of hydrogen-bond donors (Lipinski definition) is 0. The summed E-state index contributed by atoms with van der Waals surface area (Å²) in [4.78, 5) is 0. The van der Waals surface area contributed by atoms with Gasteiger partial charge in [0.25, 0.3) is 0 Å². The van der Waals surface area contributed by atoms with E-state index in [9.17, 15) is 0 Å². The molecule has 0 bridgehead atoms. The largest absolute Gasteiger partial charge is 0.205 e. The monoisotopic (exact) mass is 440 g/mol. The summed E-state index contributed by atoms with van der Waals surface area (Å²) >= 11 is 0. The summed E-state index contributed by atoms with van der Waals surface area (Å²) in [6.07, 6.45) is 12.7. The Hall–Kier alpha value is -2.59. The zero-order valence-corrected chi connectivity index (χ0v) is 20.3. The van der Waals surface area contributed by atoms with E-state index in [1.807, 2.05) is 18.2 Å². The lowest BCUT2D eigenvalue weighted by Gasteiger charge is -2.28. The topological polar surface area (TPSA) is 0 Å². The minimum Gasteiger partial charge on any atom is -0.205 e. The van der Waals surface area contributed by atoms with Crippen LogP contribution < -0.4 is 0 Å². The van der Waals surface area contributed by atoms with Crippen LogP contribution in [0.4, 0.5) is 4.39 Å². The van der Waals surface area contributed by atoms with Crippen molar-refractivity contribution in [3.8, 4) is 11.8 Å². The molecule has 0 aromatic heterocycles. The van der Waals surface area contributed by atoms with Gasteiger partial charge in [-0.3, -0.25) is 0 Å². The molecule has 3 aromatic carbocycles. The van der Waals surface area contributed by atoms with Crippen LogP contribution in [0.5, 0.6) is 0 Å². The van der Waals surface area contributed by atoms with E-state index in [0.717, 1.165) is 23.3 Å². The highest BCUT2D eigenvalue weighted by Crippen LogP contribution is 2.38. The molecule has 1 saturated carbocycles. The van der Waals surface area contributed by atoms with Crippen LogP contribution in [-0.4, -0.2) is 0 Å². The van der Waals surface area contributed by atoms with Crippen LogP contribution >= 0.6 is 0 Å². The second-order valence-electron chi connectivity index (χ2n) is 9.82. The third-order valence-corrected chi connectivity index (χ3v) is 7.36. The van der Waals surface area contributed by atoms with E-state index in [-0.39, 0.29) is 5.82 Å². The molecule has 4 rings (SSSR count). The quantitative estimate of drug-likeness (QED) is 0.254. The van der Waals surface area contributed by atoms with Crippen molar-refractivity contribution in [1.29, 1.82) is 0 Å². The molecule has 0 amide bonds. The van der Waals surface area contributed by atoms with Crippen LogP contribution in [0, 0.1) is 23.6 Å². The van der Waals surface area contributed by atoms with Gasteiger partial charge in [-0.2, -0.15) is 0 Å². The molecule has 1 fully saturated rings. The summed E-state index contributed by atoms with van der Waals surface area (Å²) in [6, 6.07) is 18.6. The van der Waals surface area contributed by atoms with Crippen molar-refractivity contribution in [2.24, 2.45) is 5.92 Å². The lowest BCUT2D eigenvalue weighted by Crippen LogP contribution is -2.13. The standard InChI is InChI=1S/C32H37F/c1-3-5-6-8-25-9-11-26(12-10-25)15-18-28-19-20-30-23-29(21-22-31(30)32(28)33)27-16-13-24(7-4-2)14-17-27/h9-12,19-24,27H,3-8,13-14,16-17H2,1-2H3. The highest BCUT2D eigenvalue weighted by Gasteiger charge is 2.22. The van der Waals surface area contributed by atoms with Gasteiger partial charge < -0.3 is 0 Å². The molecule has 33 heavy (non-hydrogen) atoms. The third-order valence-electron chi connectivity index (χ3n) is 7.36. The minimum absolute atomic E-state index is 0.200. The van der Waals surface area contributed by atoms with Crippen molar-refractivity contribution in [3.63, 3.8) is 0 Å². The number of rotatable bonds is 7. The summed E-state index contributed by atoms with van der Waals surface area (Å²) in [5.74, 6) is 7.54. The van der Waals surface area contributed by atoms with E-state index in [1.165, 1.54) is 68.9 Å². The summed E-state index contributed by atoms with van der Waals surface area (Å²) in [5, 5.41) is 1.67. The predicted octanol–water partition coefficient (Wildman–Crippen LogP) is 9.19. The first kappa shape index (κ1) is 23.6. The number of aryl methyl sites for hydroxylation is 1. The number of fused-ring (bicyclic) bond motifs is 1. The highest BCUT2D eigenvalue weighted by atomic mass is 19.1. The van der Waals surface area contributed by atoms with E-state index in [0.29, 0.717) is 16.9 Å². The zero-order chi connectivity index (χ0) is 23.0. The first-order valence-electron chi connectivity index (χ1n) is 13.0. The number of unbranched alkanes of at least 4 members (excludes halogenated alkanes) is 2. The molecule has 0 nitrogen and oxygen atoms in total. The molecule has 0 spiro atoms. The van der Waals surface area contributed by atoms with Crippen LogP contribution in [-0.2, 0) is 6.42 Å². The van der Waals surface area contributed by atoms with Gasteiger partial charge in [0.05, 0.1) is 5.56 Å². The Bertz CT molecular complexity index is 1100. The Labute approximate surface area is 199 Å². The Kier molecular flexibility index (Phi) is 8.22. The van der Waals surface area contributed by atoms with Crippen LogP contribution in [0.25, 0.3) is 10.8 Å². The normalized spacial score (nSPS) is 18.2. The maximum atomic E-state index is 15.2. The molecule has 0 aliphatic heterocycles. The molecule has 0 heterocycles. The van der Waals surface area contributed by atoms with Gasteiger partial charge in [0.1, 0.15) is 5.82 Å². The summed E-state index contributed by atoms with van der Waals surface area (Å²) < 4.78 is 15.2. The van der Waals surface area contributed by atoms with Gasteiger partial charge in [0.2, 0.25) is 0 Å². The van der Waals surface area contributed by atoms with Crippen molar-refractivity contribution in [1.82, 2.24) is 0 Å². The van der Waals surface area contributed by atoms with E-state index in [1.54, 1.807) is 0 Å². The van der Waals surface area contributed by atoms with Crippen molar-refractivity contribution < 1.29 is 4.39 Å². The molecule has 1 heteroatoms. The second-order valence-corrected chi connectivity index (χ2v) is 9.82. The molecule has 0 atom stereocenters. The molecule has 1 aliphatic rings.